The van der Waals surface area contributed by atoms with E-state index in [1.165, 1.54) is 0 Å². The second-order valence-corrected chi connectivity index (χ2v) is 4.90. The maximum absolute atomic E-state index is 12.1. The van der Waals surface area contributed by atoms with E-state index < -0.39 is 24.0 Å². The quantitative estimate of drug-likeness (QED) is 0.801. The van der Waals surface area contributed by atoms with E-state index in [1.54, 1.807) is 26.0 Å². The predicted octanol–water partition coefficient (Wildman–Crippen LogP) is 2.07. The third-order valence-corrected chi connectivity index (χ3v) is 2.92. The maximum Gasteiger partial charge on any atom is 0.326 e. The summed E-state index contributed by atoms with van der Waals surface area (Å²) in [4.78, 5) is 23.2. The molecule has 5 heteroatoms. The minimum Gasteiger partial charge on any atom is -0.481 e. The van der Waals surface area contributed by atoms with Gasteiger partial charge < -0.3 is 15.2 Å². The van der Waals surface area contributed by atoms with Crippen LogP contribution in [0.3, 0.4) is 0 Å². The molecule has 5 nitrogen and oxygen atoms in total. The van der Waals surface area contributed by atoms with Crippen LogP contribution in [0.4, 0.5) is 0 Å². The molecule has 1 amide bonds. The number of para-hydroxylation sites is 1. The Labute approximate surface area is 118 Å². The number of benzene rings is 1. The number of hydrogen-bond donors (Lipinski definition) is 2. The molecule has 0 aliphatic heterocycles. The average Bonchev–Trinajstić information content (AvgIpc) is 2.42. The largest absolute Gasteiger partial charge is 0.481 e. The molecule has 0 fully saturated rings. The summed E-state index contributed by atoms with van der Waals surface area (Å²) in [6.45, 7) is 5.31. The van der Waals surface area contributed by atoms with E-state index in [-0.39, 0.29) is 5.92 Å². The number of amides is 1. The SMILES string of the molecule is CCC(Oc1ccccc1)C(=O)NC(C(=O)O)C(C)C. The van der Waals surface area contributed by atoms with E-state index >= 15 is 0 Å². The number of carbonyl (C=O) groups is 2. The smallest absolute Gasteiger partial charge is 0.326 e. The third kappa shape index (κ3) is 4.57. The van der Waals surface area contributed by atoms with Gasteiger partial charge in [0.1, 0.15) is 11.8 Å². The van der Waals surface area contributed by atoms with Crippen molar-refractivity contribution < 1.29 is 19.4 Å². The predicted molar refractivity (Wildman–Crippen MR) is 75.6 cm³/mol. The summed E-state index contributed by atoms with van der Waals surface area (Å²) in [6, 6.07) is 8.09. The summed E-state index contributed by atoms with van der Waals surface area (Å²) in [7, 11) is 0. The fraction of sp³-hybridized carbons (Fsp3) is 0.467. The number of carbonyl (C=O) groups excluding carboxylic acids is 1. The van der Waals surface area contributed by atoms with Gasteiger partial charge in [-0.3, -0.25) is 4.79 Å². The minimum atomic E-state index is -1.04. The zero-order valence-corrected chi connectivity index (χ0v) is 12.0. The molecule has 0 spiro atoms. The molecule has 2 N–H and O–H groups in total. The van der Waals surface area contributed by atoms with Gasteiger partial charge in [-0.15, -0.1) is 0 Å². The summed E-state index contributed by atoms with van der Waals surface area (Å²) in [5.74, 6) is -1.04. The van der Waals surface area contributed by atoms with E-state index in [0.717, 1.165) is 0 Å². The molecule has 0 aliphatic carbocycles. The van der Waals surface area contributed by atoms with Crippen LogP contribution in [-0.2, 0) is 9.59 Å². The molecule has 20 heavy (non-hydrogen) atoms. The van der Waals surface area contributed by atoms with Crippen LogP contribution in [0.5, 0.6) is 5.75 Å². The standard InChI is InChI=1S/C15H21NO4/c1-4-12(20-11-8-6-5-7-9-11)14(17)16-13(10(2)3)15(18)19/h5-10,12-13H,4H2,1-3H3,(H,16,17)(H,18,19). The first-order chi connectivity index (χ1) is 9.45. The van der Waals surface area contributed by atoms with Crippen molar-refractivity contribution in [3.8, 4) is 5.75 Å². The van der Waals surface area contributed by atoms with Crippen molar-refractivity contribution >= 4 is 11.9 Å². The first-order valence-corrected chi connectivity index (χ1v) is 6.70. The number of rotatable bonds is 7. The maximum atomic E-state index is 12.1. The molecule has 1 aromatic rings. The van der Waals surface area contributed by atoms with E-state index in [4.69, 9.17) is 9.84 Å². The highest BCUT2D eigenvalue weighted by Gasteiger charge is 2.27. The molecular weight excluding hydrogens is 258 g/mol. The van der Waals surface area contributed by atoms with E-state index in [1.807, 2.05) is 25.1 Å². The van der Waals surface area contributed by atoms with Crippen molar-refractivity contribution in [3.05, 3.63) is 30.3 Å². The van der Waals surface area contributed by atoms with Gasteiger partial charge in [-0.1, -0.05) is 39.0 Å². The van der Waals surface area contributed by atoms with Gasteiger partial charge in [0, 0.05) is 0 Å². The second kappa shape index (κ2) is 7.53. The molecule has 1 aromatic carbocycles. The molecule has 0 aromatic heterocycles. The zero-order valence-electron chi connectivity index (χ0n) is 12.0. The Morgan fingerprint density at radius 3 is 2.30 bits per heavy atom. The molecule has 0 aliphatic rings. The van der Waals surface area contributed by atoms with Crippen molar-refractivity contribution in [2.75, 3.05) is 0 Å². The fourth-order valence-electron chi connectivity index (χ4n) is 1.75. The Morgan fingerprint density at radius 2 is 1.85 bits per heavy atom. The Hall–Kier alpha value is -2.04. The fourth-order valence-corrected chi connectivity index (χ4v) is 1.75. The summed E-state index contributed by atoms with van der Waals surface area (Å²) < 4.78 is 5.58. The lowest BCUT2D eigenvalue weighted by atomic mass is 10.0. The highest BCUT2D eigenvalue weighted by Crippen LogP contribution is 2.13. The second-order valence-electron chi connectivity index (χ2n) is 4.90. The Morgan fingerprint density at radius 1 is 1.25 bits per heavy atom. The van der Waals surface area contributed by atoms with Crippen LogP contribution in [0.2, 0.25) is 0 Å². The lowest BCUT2D eigenvalue weighted by molar-refractivity contribution is -0.144. The normalized spacial score (nSPS) is 13.6. The van der Waals surface area contributed by atoms with Crippen molar-refractivity contribution in [2.24, 2.45) is 5.92 Å². The molecule has 2 unspecified atom stereocenters. The highest BCUT2D eigenvalue weighted by molar-refractivity contribution is 5.86. The van der Waals surface area contributed by atoms with Gasteiger partial charge in [0.2, 0.25) is 0 Å². The number of carboxylic acids is 1. The molecule has 110 valence electrons. The average molecular weight is 279 g/mol. The van der Waals surface area contributed by atoms with Crippen LogP contribution in [0.15, 0.2) is 30.3 Å². The topological polar surface area (TPSA) is 75.6 Å². The van der Waals surface area contributed by atoms with Crippen LogP contribution in [0.25, 0.3) is 0 Å². The van der Waals surface area contributed by atoms with Crippen LogP contribution in [0, 0.1) is 5.92 Å². The molecule has 0 heterocycles. The lowest BCUT2D eigenvalue weighted by Crippen LogP contribution is -2.49. The number of hydrogen-bond acceptors (Lipinski definition) is 3. The Kier molecular flexibility index (Phi) is 6.03. The Balaban J connectivity index is 2.69. The first-order valence-electron chi connectivity index (χ1n) is 6.70. The van der Waals surface area contributed by atoms with Gasteiger partial charge in [0.25, 0.3) is 5.91 Å². The lowest BCUT2D eigenvalue weighted by Gasteiger charge is -2.22. The summed E-state index contributed by atoms with van der Waals surface area (Å²) in [5, 5.41) is 11.6. The molecule has 1 rings (SSSR count). The van der Waals surface area contributed by atoms with Gasteiger partial charge in [0.15, 0.2) is 6.10 Å². The summed E-state index contributed by atoms with van der Waals surface area (Å²) >= 11 is 0. The molecule has 0 saturated carbocycles. The van der Waals surface area contributed by atoms with Gasteiger partial charge in [-0.25, -0.2) is 4.79 Å². The van der Waals surface area contributed by atoms with Crippen LogP contribution >= 0.6 is 0 Å². The monoisotopic (exact) mass is 279 g/mol. The van der Waals surface area contributed by atoms with Crippen molar-refractivity contribution in [3.63, 3.8) is 0 Å². The van der Waals surface area contributed by atoms with Gasteiger partial charge >= 0.3 is 5.97 Å². The summed E-state index contributed by atoms with van der Waals surface area (Å²) in [5.41, 5.74) is 0. The molecular formula is C15H21NO4. The number of carboxylic acid groups (broad SMARTS) is 1. The zero-order chi connectivity index (χ0) is 15.1. The van der Waals surface area contributed by atoms with E-state index in [0.29, 0.717) is 12.2 Å². The first kappa shape index (κ1) is 16.0. The number of aliphatic carboxylic acids is 1. The van der Waals surface area contributed by atoms with Gasteiger partial charge in [-0.05, 0) is 24.5 Å². The van der Waals surface area contributed by atoms with Crippen molar-refractivity contribution in [1.82, 2.24) is 5.32 Å². The van der Waals surface area contributed by atoms with Gasteiger partial charge in [-0.2, -0.15) is 0 Å². The summed E-state index contributed by atoms with van der Waals surface area (Å²) in [6.07, 6.45) is -0.233. The van der Waals surface area contributed by atoms with Crippen molar-refractivity contribution in [1.29, 1.82) is 0 Å². The molecule has 0 bridgehead atoms. The van der Waals surface area contributed by atoms with Crippen LogP contribution in [0.1, 0.15) is 27.2 Å². The van der Waals surface area contributed by atoms with Crippen LogP contribution in [-0.4, -0.2) is 29.1 Å². The molecule has 2 atom stereocenters. The third-order valence-electron chi connectivity index (χ3n) is 2.92. The van der Waals surface area contributed by atoms with E-state index in [2.05, 4.69) is 5.32 Å². The molecule has 0 saturated heterocycles. The number of nitrogens with one attached hydrogen (secondary N) is 1. The highest BCUT2D eigenvalue weighted by atomic mass is 16.5. The van der Waals surface area contributed by atoms with Gasteiger partial charge in [0.05, 0.1) is 0 Å². The van der Waals surface area contributed by atoms with Crippen LogP contribution < -0.4 is 10.1 Å². The Bertz CT molecular complexity index is 444. The van der Waals surface area contributed by atoms with Crippen molar-refractivity contribution in [2.45, 2.75) is 39.3 Å². The number of ether oxygens (including phenoxy) is 1. The van der Waals surface area contributed by atoms with E-state index in [9.17, 15) is 9.59 Å². The minimum absolute atomic E-state index is 0.189. The molecule has 0 radical (unpaired) electrons.